The summed E-state index contributed by atoms with van der Waals surface area (Å²) in [6.07, 6.45) is 4.88. The Balaban J connectivity index is 1.68. The van der Waals surface area contributed by atoms with Gasteiger partial charge in [-0.1, -0.05) is 66.8 Å². The Morgan fingerprint density at radius 3 is 2.24 bits per heavy atom. The zero-order chi connectivity index (χ0) is 29.6. The number of benzene rings is 3. The molecule has 0 radical (unpaired) electrons. The summed E-state index contributed by atoms with van der Waals surface area (Å²) in [5, 5.41) is 3.41. The Kier molecular flexibility index (Phi) is 10.0. The highest BCUT2D eigenvalue weighted by atomic mass is 35.5. The van der Waals surface area contributed by atoms with E-state index < -0.39 is 34.3 Å². The summed E-state index contributed by atoms with van der Waals surface area (Å²) in [6.45, 7) is 2.66. The van der Waals surface area contributed by atoms with E-state index in [4.69, 9.17) is 11.6 Å². The molecule has 1 saturated carbocycles. The van der Waals surface area contributed by atoms with E-state index in [9.17, 15) is 22.4 Å². The third kappa shape index (κ3) is 7.65. The summed E-state index contributed by atoms with van der Waals surface area (Å²) in [5.41, 5.74) is 1.42. The number of anilines is 1. The monoisotopic (exact) mass is 599 g/mol. The summed E-state index contributed by atoms with van der Waals surface area (Å²) in [6, 6.07) is 17.5. The van der Waals surface area contributed by atoms with Crippen LogP contribution in [0.3, 0.4) is 0 Å². The molecule has 4 rings (SSSR count). The zero-order valence-electron chi connectivity index (χ0n) is 23.2. The van der Waals surface area contributed by atoms with Crippen molar-refractivity contribution in [1.29, 1.82) is 0 Å². The Morgan fingerprint density at radius 2 is 1.61 bits per heavy atom. The van der Waals surface area contributed by atoms with Crippen molar-refractivity contribution in [2.45, 2.75) is 69.5 Å². The SMILES string of the molecule is Cc1ccc(N(CC(=O)N(Cc2ccccc2F)C(C)C(=O)NC2CCCCC2)S(=O)(=O)c2ccc(Cl)cc2)cc1. The lowest BCUT2D eigenvalue weighted by Gasteiger charge is -2.33. The highest BCUT2D eigenvalue weighted by Crippen LogP contribution is 2.26. The minimum absolute atomic E-state index is 0.0125. The third-order valence-corrected chi connectivity index (χ3v) is 9.46. The van der Waals surface area contributed by atoms with Crippen LogP contribution < -0.4 is 9.62 Å². The lowest BCUT2D eigenvalue weighted by molar-refractivity contribution is -0.139. The molecular formula is C31H35ClFN3O4S. The quantitative estimate of drug-likeness (QED) is 0.317. The van der Waals surface area contributed by atoms with Gasteiger partial charge in [0, 0.05) is 23.2 Å². The van der Waals surface area contributed by atoms with Crippen LogP contribution in [-0.2, 0) is 26.2 Å². The summed E-state index contributed by atoms with van der Waals surface area (Å²) in [7, 11) is -4.21. The lowest BCUT2D eigenvalue weighted by atomic mass is 9.95. The summed E-state index contributed by atoms with van der Waals surface area (Å²) in [5.74, 6) is -1.52. The van der Waals surface area contributed by atoms with E-state index in [0.29, 0.717) is 5.02 Å². The van der Waals surface area contributed by atoms with Crippen LogP contribution in [0.15, 0.2) is 77.7 Å². The van der Waals surface area contributed by atoms with Gasteiger partial charge in [0.1, 0.15) is 18.4 Å². The smallest absolute Gasteiger partial charge is 0.264 e. The van der Waals surface area contributed by atoms with Gasteiger partial charge in [0.2, 0.25) is 11.8 Å². The first-order chi connectivity index (χ1) is 19.6. The van der Waals surface area contributed by atoms with Gasteiger partial charge in [-0.3, -0.25) is 13.9 Å². The molecule has 0 spiro atoms. The minimum Gasteiger partial charge on any atom is -0.352 e. The molecule has 2 amide bonds. The summed E-state index contributed by atoms with van der Waals surface area (Å²) >= 11 is 5.99. The van der Waals surface area contributed by atoms with Gasteiger partial charge in [-0.15, -0.1) is 0 Å². The molecule has 218 valence electrons. The van der Waals surface area contributed by atoms with Gasteiger partial charge in [-0.05, 0) is 69.2 Å². The number of hydrogen-bond acceptors (Lipinski definition) is 4. The van der Waals surface area contributed by atoms with Crippen molar-refractivity contribution in [3.63, 3.8) is 0 Å². The molecule has 41 heavy (non-hydrogen) atoms. The van der Waals surface area contributed by atoms with Crippen molar-refractivity contribution in [1.82, 2.24) is 10.2 Å². The number of amides is 2. The van der Waals surface area contributed by atoms with Gasteiger partial charge in [-0.25, -0.2) is 12.8 Å². The average Bonchev–Trinajstić information content (AvgIpc) is 2.96. The maximum atomic E-state index is 14.7. The fourth-order valence-corrected chi connectivity index (χ4v) is 6.48. The number of sulfonamides is 1. The Hall–Kier alpha value is -3.43. The molecule has 0 aromatic heterocycles. The molecule has 0 bridgehead atoms. The van der Waals surface area contributed by atoms with Gasteiger partial charge < -0.3 is 10.2 Å². The first-order valence-electron chi connectivity index (χ1n) is 13.7. The molecule has 1 fully saturated rings. The van der Waals surface area contributed by atoms with Crippen LogP contribution in [0, 0.1) is 12.7 Å². The van der Waals surface area contributed by atoms with E-state index in [1.807, 2.05) is 6.92 Å². The summed E-state index contributed by atoms with van der Waals surface area (Å²) < 4.78 is 43.4. The number of hydrogen-bond donors (Lipinski definition) is 1. The lowest BCUT2D eigenvalue weighted by Crippen LogP contribution is -2.53. The van der Waals surface area contributed by atoms with Gasteiger partial charge >= 0.3 is 0 Å². The molecular weight excluding hydrogens is 565 g/mol. The molecule has 3 aromatic carbocycles. The van der Waals surface area contributed by atoms with Crippen LogP contribution in [-0.4, -0.2) is 43.8 Å². The molecule has 1 N–H and O–H groups in total. The van der Waals surface area contributed by atoms with Crippen LogP contribution in [0.25, 0.3) is 0 Å². The molecule has 10 heteroatoms. The van der Waals surface area contributed by atoms with Crippen molar-refractivity contribution in [2.75, 3.05) is 10.8 Å². The van der Waals surface area contributed by atoms with E-state index in [1.165, 1.54) is 35.2 Å². The standard InChI is InChI=1S/C31H35ClFN3O4S/c1-22-12-16-27(17-13-22)36(41(39,40)28-18-14-25(32)15-19-28)21-30(37)35(20-24-8-6-7-11-29(24)33)23(2)31(38)34-26-9-4-3-5-10-26/h6-8,11-19,23,26H,3-5,9-10,20-21H2,1-2H3,(H,34,38). The van der Waals surface area contributed by atoms with E-state index in [2.05, 4.69) is 5.32 Å². The molecule has 3 aromatic rings. The Morgan fingerprint density at radius 1 is 0.976 bits per heavy atom. The number of nitrogens with zero attached hydrogens (tertiary/aromatic N) is 2. The minimum atomic E-state index is -4.21. The predicted molar refractivity (Wildman–Crippen MR) is 159 cm³/mol. The molecule has 1 atom stereocenters. The van der Waals surface area contributed by atoms with Crippen LogP contribution in [0.2, 0.25) is 5.02 Å². The van der Waals surface area contributed by atoms with Crippen molar-refractivity contribution < 1.29 is 22.4 Å². The molecule has 1 aliphatic rings. The number of rotatable bonds is 10. The molecule has 1 unspecified atom stereocenters. The second-order valence-corrected chi connectivity index (χ2v) is 12.7. The normalized spacial score (nSPS) is 14.7. The van der Waals surface area contributed by atoms with Crippen molar-refractivity contribution in [2.24, 2.45) is 0 Å². The van der Waals surface area contributed by atoms with E-state index in [0.717, 1.165) is 42.0 Å². The first-order valence-corrected chi connectivity index (χ1v) is 15.6. The predicted octanol–water partition coefficient (Wildman–Crippen LogP) is 5.85. The number of carbonyl (C=O) groups excluding carboxylic acids is 2. The topological polar surface area (TPSA) is 86.8 Å². The number of nitrogens with one attached hydrogen (secondary N) is 1. The molecule has 0 aliphatic heterocycles. The Bertz CT molecular complexity index is 1460. The second kappa shape index (κ2) is 13.5. The molecule has 0 heterocycles. The largest absolute Gasteiger partial charge is 0.352 e. The van der Waals surface area contributed by atoms with Crippen LogP contribution >= 0.6 is 11.6 Å². The second-order valence-electron chi connectivity index (χ2n) is 10.4. The highest BCUT2D eigenvalue weighted by molar-refractivity contribution is 7.92. The Labute approximate surface area is 246 Å². The maximum absolute atomic E-state index is 14.7. The van der Waals surface area contributed by atoms with Gasteiger partial charge in [0.15, 0.2) is 0 Å². The van der Waals surface area contributed by atoms with E-state index >= 15 is 0 Å². The first kappa shape index (κ1) is 30.5. The van der Waals surface area contributed by atoms with Gasteiger partial charge in [0.05, 0.1) is 10.6 Å². The van der Waals surface area contributed by atoms with Crippen LogP contribution in [0.4, 0.5) is 10.1 Å². The number of aryl methyl sites for hydroxylation is 1. The third-order valence-electron chi connectivity index (χ3n) is 7.42. The number of carbonyl (C=O) groups is 2. The fourth-order valence-electron chi connectivity index (χ4n) is 4.94. The van der Waals surface area contributed by atoms with Gasteiger partial charge in [0.25, 0.3) is 10.0 Å². The molecule has 1 aliphatic carbocycles. The van der Waals surface area contributed by atoms with Crippen molar-refractivity contribution in [3.05, 3.63) is 94.8 Å². The number of halogens is 2. The van der Waals surface area contributed by atoms with E-state index in [1.54, 1.807) is 49.4 Å². The van der Waals surface area contributed by atoms with Crippen molar-refractivity contribution in [3.8, 4) is 0 Å². The molecule has 0 saturated heterocycles. The maximum Gasteiger partial charge on any atom is 0.264 e. The fraction of sp³-hybridized carbons (Fsp3) is 0.355. The van der Waals surface area contributed by atoms with E-state index in [-0.39, 0.29) is 34.6 Å². The van der Waals surface area contributed by atoms with Crippen molar-refractivity contribution >= 4 is 39.1 Å². The van der Waals surface area contributed by atoms with Crippen LogP contribution in [0.5, 0.6) is 0 Å². The van der Waals surface area contributed by atoms with Crippen LogP contribution in [0.1, 0.15) is 50.2 Å². The van der Waals surface area contributed by atoms with Gasteiger partial charge in [-0.2, -0.15) is 0 Å². The highest BCUT2D eigenvalue weighted by Gasteiger charge is 2.33. The zero-order valence-corrected chi connectivity index (χ0v) is 24.8. The summed E-state index contributed by atoms with van der Waals surface area (Å²) in [4.78, 5) is 28.5. The molecule has 7 nitrogen and oxygen atoms in total. The average molecular weight is 600 g/mol.